The van der Waals surface area contributed by atoms with Gasteiger partial charge in [0.15, 0.2) is 11.4 Å². The Morgan fingerprint density at radius 3 is 2.53 bits per heavy atom. The van der Waals surface area contributed by atoms with E-state index in [0.717, 1.165) is 25.0 Å². The van der Waals surface area contributed by atoms with Gasteiger partial charge in [0.1, 0.15) is 17.2 Å². The van der Waals surface area contributed by atoms with Gasteiger partial charge in [-0.15, -0.1) is 0 Å². The lowest BCUT2D eigenvalue weighted by Gasteiger charge is -2.40. The summed E-state index contributed by atoms with van der Waals surface area (Å²) in [4.78, 5) is 40.4. The van der Waals surface area contributed by atoms with E-state index in [1.165, 1.54) is 10.8 Å². The standard InChI is InChI=1S/C23H21F2N3O4/c1-9-2-15(24)13(16(25)3-9)6-26-22(31)14-7-27-8-18-12-5-17(11-4-10(11)12)28(18)23(32)19(27)21(30)20(14)29/h2-3,7,10-12,17-18,30H,4-6,8H2,1H3,(H,26,31)/t10-,11+,12-,17+,18-/m1/s1. The first kappa shape index (κ1) is 19.5. The number of aryl methyl sites for hydroxylation is 1. The van der Waals surface area contributed by atoms with Crippen LogP contribution < -0.4 is 10.7 Å². The molecular weight excluding hydrogens is 420 g/mol. The summed E-state index contributed by atoms with van der Waals surface area (Å²) in [6, 6.07) is 2.48. The van der Waals surface area contributed by atoms with Crippen LogP contribution in [-0.2, 0) is 13.1 Å². The van der Waals surface area contributed by atoms with Gasteiger partial charge in [0, 0.05) is 30.9 Å². The quantitative estimate of drug-likeness (QED) is 0.762. The van der Waals surface area contributed by atoms with Gasteiger partial charge in [0.2, 0.25) is 5.43 Å². The fourth-order valence-electron chi connectivity index (χ4n) is 6.20. The van der Waals surface area contributed by atoms with Crippen molar-refractivity contribution in [1.29, 1.82) is 0 Å². The molecule has 5 atom stereocenters. The number of carbonyl (C=O) groups excluding carboxylic acids is 2. The molecule has 1 saturated heterocycles. The van der Waals surface area contributed by atoms with Gasteiger partial charge in [-0.3, -0.25) is 14.4 Å². The van der Waals surface area contributed by atoms with Crippen molar-refractivity contribution in [3.63, 3.8) is 0 Å². The molecule has 32 heavy (non-hydrogen) atoms. The Morgan fingerprint density at radius 2 is 1.81 bits per heavy atom. The van der Waals surface area contributed by atoms with Crippen molar-refractivity contribution < 1.29 is 23.5 Å². The molecule has 2 N–H and O–H groups in total. The molecular formula is C23H21F2N3O4. The Balaban J connectivity index is 1.30. The Bertz CT molecular complexity index is 1250. The first-order valence-electron chi connectivity index (χ1n) is 10.8. The maximum atomic E-state index is 14.1. The lowest BCUT2D eigenvalue weighted by Crippen LogP contribution is -2.53. The van der Waals surface area contributed by atoms with Crippen molar-refractivity contribution in [3.8, 4) is 5.75 Å². The number of aromatic hydroxyl groups is 1. The Hall–Kier alpha value is -3.23. The van der Waals surface area contributed by atoms with Gasteiger partial charge >= 0.3 is 0 Å². The molecule has 0 unspecified atom stereocenters. The van der Waals surface area contributed by atoms with Gasteiger partial charge in [0.05, 0.1) is 6.04 Å². The number of hydrogen-bond donors (Lipinski definition) is 2. The third kappa shape index (κ3) is 2.53. The van der Waals surface area contributed by atoms with Crippen LogP contribution in [0.25, 0.3) is 0 Å². The summed E-state index contributed by atoms with van der Waals surface area (Å²) in [6.45, 7) is 1.50. The van der Waals surface area contributed by atoms with Crippen molar-refractivity contribution in [2.45, 2.75) is 44.9 Å². The number of aromatic nitrogens is 1. The van der Waals surface area contributed by atoms with Crippen molar-refractivity contribution >= 4 is 11.8 Å². The molecule has 2 bridgehead atoms. The second-order valence-electron chi connectivity index (χ2n) is 9.42. The van der Waals surface area contributed by atoms with Crippen LogP contribution in [0.15, 0.2) is 23.1 Å². The maximum absolute atomic E-state index is 14.1. The lowest BCUT2D eigenvalue weighted by molar-refractivity contribution is 0.0465. The zero-order chi connectivity index (χ0) is 22.5. The normalized spacial score (nSPS) is 28.9. The predicted octanol–water partition coefficient (Wildman–Crippen LogP) is 1.93. The van der Waals surface area contributed by atoms with Crippen molar-refractivity contribution in [2.75, 3.05) is 0 Å². The molecule has 2 saturated carbocycles. The summed E-state index contributed by atoms with van der Waals surface area (Å²) in [5, 5.41) is 12.9. The number of hydrogen-bond acceptors (Lipinski definition) is 4. The van der Waals surface area contributed by atoms with E-state index in [2.05, 4.69) is 5.32 Å². The fraction of sp³-hybridized carbons (Fsp3) is 0.435. The van der Waals surface area contributed by atoms with Crippen LogP contribution in [0.2, 0.25) is 0 Å². The average molecular weight is 441 g/mol. The highest BCUT2D eigenvalue weighted by atomic mass is 19.1. The summed E-state index contributed by atoms with van der Waals surface area (Å²) in [5.41, 5.74) is -1.35. The van der Waals surface area contributed by atoms with E-state index in [0.29, 0.717) is 29.9 Å². The lowest BCUT2D eigenvalue weighted by atomic mass is 9.94. The minimum atomic E-state index is -0.973. The molecule has 2 amide bonds. The number of rotatable bonds is 3. The number of amides is 2. The Morgan fingerprint density at radius 1 is 1.12 bits per heavy atom. The van der Waals surface area contributed by atoms with Crippen LogP contribution in [0.1, 0.15) is 44.8 Å². The van der Waals surface area contributed by atoms with E-state index >= 15 is 0 Å². The topological polar surface area (TPSA) is 91.6 Å². The van der Waals surface area contributed by atoms with Gasteiger partial charge in [-0.2, -0.15) is 0 Å². The number of fused-ring (bicyclic) bond motifs is 9. The van der Waals surface area contributed by atoms with E-state index < -0.39 is 35.3 Å². The number of carbonyl (C=O) groups is 2. The first-order valence-corrected chi connectivity index (χ1v) is 10.8. The van der Waals surface area contributed by atoms with Crippen LogP contribution in [0.4, 0.5) is 8.78 Å². The number of nitrogens with zero attached hydrogens (tertiary/aromatic N) is 2. The molecule has 166 valence electrons. The Labute approximate surface area is 181 Å². The predicted molar refractivity (Wildman–Crippen MR) is 108 cm³/mol. The minimum absolute atomic E-state index is 0.00249. The highest BCUT2D eigenvalue weighted by Gasteiger charge is 2.66. The van der Waals surface area contributed by atoms with E-state index in [1.54, 1.807) is 6.92 Å². The van der Waals surface area contributed by atoms with E-state index in [-0.39, 0.29) is 34.8 Å². The second-order valence-corrected chi connectivity index (χ2v) is 9.42. The number of nitrogens with one attached hydrogen (secondary N) is 1. The van der Waals surface area contributed by atoms with Crippen LogP contribution in [0, 0.1) is 36.3 Å². The maximum Gasteiger partial charge on any atom is 0.275 e. The molecule has 3 heterocycles. The number of piperidine rings is 1. The molecule has 0 spiro atoms. The van der Waals surface area contributed by atoms with E-state index in [9.17, 15) is 28.3 Å². The van der Waals surface area contributed by atoms with Gasteiger partial charge in [0.25, 0.3) is 11.8 Å². The smallest absolute Gasteiger partial charge is 0.275 e. The molecule has 2 aliphatic carbocycles. The molecule has 9 heteroatoms. The van der Waals surface area contributed by atoms with Crippen molar-refractivity contribution in [1.82, 2.24) is 14.8 Å². The van der Waals surface area contributed by atoms with Crippen LogP contribution in [0.3, 0.4) is 0 Å². The Kier molecular flexibility index (Phi) is 3.89. The van der Waals surface area contributed by atoms with Crippen molar-refractivity contribution in [2.24, 2.45) is 17.8 Å². The zero-order valence-electron chi connectivity index (χ0n) is 17.3. The monoisotopic (exact) mass is 441 g/mol. The molecule has 0 radical (unpaired) electrons. The summed E-state index contributed by atoms with van der Waals surface area (Å²) < 4.78 is 29.6. The molecule has 3 fully saturated rings. The molecule has 2 aliphatic heterocycles. The largest absolute Gasteiger partial charge is 0.503 e. The van der Waals surface area contributed by atoms with Gasteiger partial charge < -0.3 is 19.9 Å². The summed E-state index contributed by atoms with van der Waals surface area (Å²) in [7, 11) is 0. The molecule has 7 nitrogen and oxygen atoms in total. The molecule has 1 aromatic heterocycles. The highest BCUT2D eigenvalue weighted by Crippen LogP contribution is 2.64. The molecule has 2 aromatic rings. The SMILES string of the molecule is Cc1cc(F)c(CNC(=O)c2cn3c(c(O)c2=O)C(=O)N2[C@H](C3)[C@@H]3C[C@H]2[C@H]2C[C@@H]32)c(F)c1. The number of benzene rings is 1. The van der Waals surface area contributed by atoms with Crippen LogP contribution in [0.5, 0.6) is 5.75 Å². The van der Waals surface area contributed by atoms with Crippen molar-refractivity contribution in [3.05, 3.63) is 62.6 Å². The third-order valence-electron chi connectivity index (χ3n) is 7.69. The average Bonchev–Trinajstić information content (AvgIpc) is 3.34. The summed E-state index contributed by atoms with van der Waals surface area (Å²) >= 11 is 0. The number of halogens is 2. The van der Waals surface area contributed by atoms with E-state index in [1.807, 2.05) is 4.90 Å². The van der Waals surface area contributed by atoms with Gasteiger partial charge in [-0.25, -0.2) is 8.78 Å². The highest BCUT2D eigenvalue weighted by molar-refractivity contribution is 5.99. The molecule has 4 aliphatic rings. The summed E-state index contributed by atoms with van der Waals surface area (Å²) in [6.07, 6.45) is 3.35. The zero-order valence-corrected chi connectivity index (χ0v) is 17.3. The number of pyridine rings is 1. The summed E-state index contributed by atoms with van der Waals surface area (Å²) in [5.74, 6) is -2.01. The minimum Gasteiger partial charge on any atom is -0.503 e. The molecule has 1 aromatic carbocycles. The van der Waals surface area contributed by atoms with E-state index in [4.69, 9.17) is 0 Å². The van der Waals surface area contributed by atoms with Crippen LogP contribution >= 0.6 is 0 Å². The van der Waals surface area contributed by atoms with Crippen LogP contribution in [-0.4, -0.2) is 38.5 Å². The molecule has 6 rings (SSSR count). The second kappa shape index (κ2) is 6.40. The fourth-order valence-corrected chi connectivity index (χ4v) is 6.20. The third-order valence-corrected chi connectivity index (χ3v) is 7.69. The first-order chi connectivity index (χ1) is 15.3. The van der Waals surface area contributed by atoms with Gasteiger partial charge in [-0.1, -0.05) is 0 Å². The van der Waals surface area contributed by atoms with Gasteiger partial charge in [-0.05, 0) is 55.2 Å².